The number of rotatable bonds is 9. The summed E-state index contributed by atoms with van der Waals surface area (Å²) >= 11 is 0. The third-order valence-corrected chi connectivity index (χ3v) is 5.45. The van der Waals surface area contributed by atoms with Crippen LogP contribution in [-0.4, -0.2) is 49.4 Å². The molecule has 3 rings (SSSR count). The second kappa shape index (κ2) is 10.1. The summed E-state index contributed by atoms with van der Waals surface area (Å²) < 4.78 is 12.2. The Morgan fingerprint density at radius 2 is 1.71 bits per heavy atom. The lowest BCUT2D eigenvalue weighted by Gasteiger charge is -2.16. The third-order valence-electron chi connectivity index (χ3n) is 5.45. The van der Waals surface area contributed by atoms with E-state index >= 15 is 0 Å². The molecule has 0 saturated heterocycles. The van der Waals surface area contributed by atoms with Gasteiger partial charge in [-0.1, -0.05) is 18.2 Å². The predicted octanol–water partition coefficient (Wildman–Crippen LogP) is 3.21. The van der Waals surface area contributed by atoms with Gasteiger partial charge in [-0.3, -0.25) is 4.79 Å². The van der Waals surface area contributed by atoms with Crippen molar-refractivity contribution in [3.8, 4) is 17.4 Å². The van der Waals surface area contributed by atoms with Crippen LogP contribution in [0.2, 0.25) is 0 Å². The van der Waals surface area contributed by atoms with Gasteiger partial charge in [-0.15, -0.1) is 10.2 Å². The largest absolute Gasteiger partial charge is 0.497 e. The topological polar surface area (TPSA) is 89.9 Å². The van der Waals surface area contributed by atoms with Gasteiger partial charge >= 0.3 is 0 Å². The molecule has 0 fully saturated rings. The normalized spacial score (nSPS) is 11.5. The SMILES string of the molecule is CC[NH+](CC)CCn1c(O)c(N=NC(=O)c2cc(OC)cc(OC)c2)c2ccccc21. The van der Waals surface area contributed by atoms with Crippen molar-refractivity contribution < 1.29 is 24.3 Å². The minimum atomic E-state index is -0.555. The summed E-state index contributed by atoms with van der Waals surface area (Å²) in [4.78, 5) is 14.1. The van der Waals surface area contributed by atoms with E-state index in [4.69, 9.17) is 9.47 Å². The summed E-state index contributed by atoms with van der Waals surface area (Å²) in [5.41, 5.74) is 1.43. The number of hydrogen-bond donors (Lipinski definition) is 2. The Balaban J connectivity index is 1.93. The number of fused-ring (bicyclic) bond motifs is 1. The Bertz CT molecular complexity index is 1060. The number of nitrogens with zero attached hydrogens (tertiary/aromatic N) is 3. The molecule has 8 nitrogen and oxygen atoms in total. The average Bonchev–Trinajstić information content (AvgIpc) is 3.08. The number of amides is 1. The molecule has 0 spiro atoms. The molecule has 2 N–H and O–H groups in total. The molecule has 1 amide bonds. The van der Waals surface area contributed by atoms with Crippen molar-refractivity contribution in [2.45, 2.75) is 20.4 Å². The molecule has 0 aliphatic rings. The maximum Gasteiger partial charge on any atom is 0.295 e. The second-order valence-electron chi connectivity index (χ2n) is 7.15. The van der Waals surface area contributed by atoms with Crippen LogP contribution in [-0.2, 0) is 6.54 Å². The number of carbonyl (C=O) groups is 1. The molecule has 3 aromatic rings. The number of aromatic hydroxyl groups is 1. The standard InChI is InChI=1S/C23H28N4O4/c1-5-26(6-2)11-12-27-20-10-8-7-9-19(20)21(23(27)29)24-25-22(28)16-13-17(30-3)15-18(14-16)31-4/h7-10,13-15,29H,5-6,11-12H2,1-4H3/p+1. The molecule has 0 bridgehead atoms. The minimum Gasteiger partial charge on any atom is -0.497 e. The van der Waals surface area contributed by atoms with Gasteiger partial charge in [0.25, 0.3) is 5.91 Å². The molecule has 1 aromatic heterocycles. The molecule has 31 heavy (non-hydrogen) atoms. The summed E-state index contributed by atoms with van der Waals surface area (Å²) in [6, 6.07) is 12.4. The zero-order valence-corrected chi connectivity index (χ0v) is 18.4. The highest BCUT2D eigenvalue weighted by atomic mass is 16.5. The van der Waals surface area contributed by atoms with Crippen molar-refractivity contribution in [3.05, 3.63) is 48.0 Å². The number of ether oxygens (including phenoxy) is 2. The summed E-state index contributed by atoms with van der Waals surface area (Å²) in [6.07, 6.45) is 0. The number of aromatic nitrogens is 1. The number of para-hydroxylation sites is 1. The molecule has 8 heteroatoms. The zero-order chi connectivity index (χ0) is 22.4. The Morgan fingerprint density at radius 1 is 1.06 bits per heavy atom. The fraction of sp³-hybridized carbons (Fsp3) is 0.348. The van der Waals surface area contributed by atoms with E-state index in [0.717, 1.165) is 30.5 Å². The molecule has 164 valence electrons. The maximum atomic E-state index is 12.6. The van der Waals surface area contributed by atoms with Gasteiger partial charge in [0.15, 0.2) is 5.69 Å². The second-order valence-corrected chi connectivity index (χ2v) is 7.15. The monoisotopic (exact) mass is 425 g/mol. The fourth-order valence-electron chi connectivity index (χ4n) is 3.55. The summed E-state index contributed by atoms with van der Waals surface area (Å²) in [7, 11) is 3.02. The van der Waals surface area contributed by atoms with Gasteiger partial charge in [-0.25, -0.2) is 0 Å². The molecule has 0 aliphatic heterocycles. The molecular formula is C23H29N4O4+. The van der Waals surface area contributed by atoms with Crippen LogP contribution in [0.15, 0.2) is 52.7 Å². The maximum absolute atomic E-state index is 12.6. The first-order chi connectivity index (χ1) is 15.0. The van der Waals surface area contributed by atoms with Crippen LogP contribution in [0.1, 0.15) is 24.2 Å². The third kappa shape index (κ3) is 4.86. The highest BCUT2D eigenvalue weighted by molar-refractivity contribution is 5.97. The summed E-state index contributed by atoms with van der Waals surface area (Å²) in [5.74, 6) is 0.418. The highest BCUT2D eigenvalue weighted by Gasteiger charge is 2.18. The first kappa shape index (κ1) is 22.3. The molecule has 0 radical (unpaired) electrons. The molecular weight excluding hydrogens is 396 g/mol. The number of benzene rings is 2. The van der Waals surface area contributed by atoms with Crippen molar-refractivity contribution >= 4 is 22.5 Å². The predicted molar refractivity (Wildman–Crippen MR) is 119 cm³/mol. The molecule has 0 unspecified atom stereocenters. The van der Waals surface area contributed by atoms with Crippen molar-refractivity contribution in [1.82, 2.24) is 4.57 Å². The van der Waals surface area contributed by atoms with Crippen LogP contribution in [0.4, 0.5) is 5.69 Å². The van der Waals surface area contributed by atoms with Crippen LogP contribution in [0.5, 0.6) is 17.4 Å². The lowest BCUT2D eigenvalue weighted by molar-refractivity contribution is -0.897. The van der Waals surface area contributed by atoms with E-state index in [9.17, 15) is 9.90 Å². The lowest BCUT2D eigenvalue weighted by atomic mass is 10.2. The van der Waals surface area contributed by atoms with E-state index in [2.05, 4.69) is 24.1 Å². The number of carbonyl (C=O) groups excluding carboxylic acids is 1. The van der Waals surface area contributed by atoms with Gasteiger partial charge < -0.3 is 24.0 Å². The van der Waals surface area contributed by atoms with E-state index < -0.39 is 5.91 Å². The Labute approximate surface area is 181 Å². The van der Waals surface area contributed by atoms with Crippen LogP contribution in [0.3, 0.4) is 0 Å². The quantitative estimate of drug-likeness (QED) is 0.515. The van der Waals surface area contributed by atoms with Crippen molar-refractivity contribution in [2.24, 2.45) is 10.2 Å². The van der Waals surface area contributed by atoms with E-state index in [1.807, 2.05) is 28.8 Å². The zero-order valence-electron chi connectivity index (χ0n) is 18.4. The van der Waals surface area contributed by atoms with E-state index in [0.29, 0.717) is 18.0 Å². The summed E-state index contributed by atoms with van der Waals surface area (Å²) in [5, 5.41) is 19.6. The Morgan fingerprint density at radius 3 is 2.32 bits per heavy atom. The van der Waals surface area contributed by atoms with Gasteiger partial charge in [0.2, 0.25) is 5.88 Å². The van der Waals surface area contributed by atoms with Gasteiger partial charge in [-0.05, 0) is 32.0 Å². The van der Waals surface area contributed by atoms with E-state index in [-0.39, 0.29) is 17.1 Å². The number of methoxy groups -OCH3 is 2. The fourth-order valence-corrected chi connectivity index (χ4v) is 3.55. The average molecular weight is 426 g/mol. The van der Waals surface area contributed by atoms with Crippen molar-refractivity contribution in [3.63, 3.8) is 0 Å². The number of quaternary nitrogens is 1. The number of likely N-dealkylation sites (N-methyl/N-ethyl adjacent to an activating group) is 1. The van der Waals surface area contributed by atoms with Crippen molar-refractivity contribution in [2.75, 3.05) is 33.9 Å². The first-order valence-electron chi connectivity index (χ1n) is 10.3. The Hall–Kier alpha value is -3.39. The molecule has 1 heterocycles. The molecule has 0 atom stereocenters. The number of nitrogens with one attached hydrogen (secondary N) is 1. The van der Waals surface area contributed by atoms with Crippen LogP contribution in [0, 0.1) is 0 Å². The molecule has 2 aromatic carbocycles. The van der Waals surface area contributed by atoms with Crippen molar-refractivity contribution in [1.29, 1.82) is 0 Å². The van der Waals surface area contributed by atoms with E-state index in [1.165, 1.54) is 19.1 Å². The minimum absolute atomic E-state index is 0.00697. The molecule has 0 saturated carbocycles. The first-order valence-corrected chi connectivity index (χ1v) is 10.3. The lowest BCUT2D eigenvalue weighted by Crippen LogP contribution is -3.11. The van der Waals surface area contributed by atoms with E-state index in [1.54, 1.807) is 18.2 Å². The van der Waals surface area contributed by atoms with Gasteiger partial charge in [0.05, 0.1) is 51.5 Å². The molecule has 0 aliphatic carbocycles. The van der Waals surface area contributed by atoms with Gasteiger partial charge in [0.1, 0.15) is 11.5 Å². The van der Waals surface area contributed by atoms with Gasteiger partial charge in [-0.2, -0.15) is 0 Å². The van der Waals surface area contributed by atoms with Crippen LogP contribution >= 0.6 is 0 Å². The number of hydrogen-bond acceptors (Lipinski definition) is 5. The number of azo groups is 1. The smallest absolute Gasteiger partial charge is 0.295 e. The highest BCUT2D eigenvalue weighted by Crippen LogP contribution is 2.38. The van der Waals surface area contributed by atoms with Crippen LogP contribution in [0.25, 0.3) is 10.9 Å². The van der Waals surface area contributed by atoms with Crippen LogP contribution < -0.4 is 14.4 Å². The Kier molecular flexibility index (Phi) is 7.25. The van der Waals surface area contributed by atoms with Gasteiger partial charge in [0, 0.05) is 11.5 Å². The summed E-state index contributed by atoms with van der Waals surface area (Å²) in [6.45, 7) is 7.83.